The Hall–Kier alpha value is -1.42. The monoisotopic (exact) mass is 278 g/mol. The van der Waals surface area contributed by atoms with Crippen LogP contribution < -0.4 is 5.32 Å². The Labute approximate surface area is 120 Å². The van der Waals surface area contributed by atoms with E-state index in [1.807, 2.05) is 31.9 Å². The molecule has 0 saturated carbocycles. The molecule has 1 aromatic rings. The molecule has 0 bridgehead atoms. The van der Waals surface area contributed by atoms with Crippen LogP contribution in [-0.4, -0.2) is 37.5 Å². The third-order valence-corrected chi connectivity index (χ3v) is 4.15. The van der Waals surface area contributed by atoms with Gasteiger partial charge in [-0.3, -0.25) is 4.79 Å². The van der Waals surface area contributed by atoms with E-state index in [1.54, 1.807) is 6.07 Å². The highest BCUT2D eigenvalue weighted by atomic mass is 19.1. The smallest absolute Gasteiger partial charge is 0.232 e. The maximum absolute atomic E-state index is 13.4. The zero-order chi connectivity index (χ0) is 14.8. The normalized spacial score (nSPS) is 19.4. The quantitative estimate of drug-likeness (QED) is 0.915. The highest BCUT2D eigenvalue weighted by Gasteiger charge is 2.37. The van der Waals surface area contributed by atoms with Gasteiger partial charge in [0, 0.05) is 13.1 Å². The maximum atomic E-state index is 13.4. The molecule has 1 N–H and O–H groups in total. The first-order valence-corrected chi connectivity index (χ1v) is 7.15. The van der Waals surface area contributed by atoms with Gasteiger partial charge in [-0.15, -0.1) is 0 Å². The van der Waals surface area contributed by atoms with Crippen molar-refractivity contribution in [2.45, 2.75) is 25.7 Å². The summed E-state index contributed by atoms with van der Waals surface area (Å²) in [6.45, 7) is 6.26. The number of nitrogens with zero attached hydrogens (tertiary/aromatic N) is 1. The summed E-state index contributed by atoms with van der Waals surface area (Å²) in [5.41, 5.74) is 0.0518. The third kappa shape index (κ3) is 3.01. The molecule has 2 rings (SSSR count). The maximum Gasteiger partial charge on any atom is 0.232 e. The summed E-state index contributed by atoms with van der Waals surface area (Å²) in [4.78, 5) is 14.6. The molecule has 0 aliphatic carbocycles. The zero-order valence-electron chi connectivity index (χ0n) is 12.4. The van der Waals surface area contributed by atoms with Gasteiger partial charge in [-0.1, -0.05) is 12.1 Å². The number of nitrogens with one attached hydrogen (secondary N) is 1. The molecule has 0 spiro atoms. The Kier molecular flexibility index (Phi) is 4.43. The highest BCUT2D eigenvalue weighted by Crippen LogP contribution is 2.29. The van der Waals surface area contributed by atoms with Crippen LogP contribution in [0.15, 0.2) is 24.3 Å². The standard InChI is InChI=1S/C16H23FN2O/c1-16(2,13-5-4-6-14(17)9-13)15(20)19-8-7-12(11-19)10-18-3/h4-6,9,12,18H,7-8,10-11H2,1-3H3. The van der Waals surface area contributed by atoms with Crippen molar-refractivity contribution in [1.82, 2.24) is 10.2 Å². The summed E-state index contributed by atoms with van der Waals surface area (Å²) < 4.78 is 13.4. The molecule has 1 aromatic carbocycles. The van der Waals surface area contributed by atoms with E-state index in [0.29, 0.717) is 5.92 Å². The van der Waals surface area contributed by atoms with Crippen LogP contribution in [0, 0.1) is 11.7 Å². The summed E-state index contributed by atoms with van der Waals surface area (Å²) in [7, 11) is 1.93. The molecule has 1 aliphatic heterocycles. The van der Waals surface area contributed by atoms with Gasteiger partial charge in [-0.2, -0.15) is 0 Å². The lowest BCUT2D eigenvalue weighted by molar-refractivity contribution is -0.135. The molecule has 1 heterocycles. The van der Waals surface area contributed by atoms with Crippen molar-refractivity contribution < 1.29 is 9.18 Å². The second kappa shape index (κ2) is 5.92. The van der Waals surface area contributed by atoms with Gasteiger partial charge in [0.05, 0.1) is 5.41 Å². The number of hydrogen-bond donors (Lipinski definition) is 1. The van der Waals surface area contributed by atoms with Crippen molar-refractivity contribution in [3.8, 4) is 0 Å². The number of amides is 1. The topological polar surface area (TPSA) is 32.3 Å². The molecule has 1 unspecified atom stereocenters. The summed E-state index contributed by atoms with van der Waals surface area (Å²) in [6, 6.07) is 6.34. The number of carbonyl (C=O) groups excluding carboxylic acids is 1. The van der Waals surface area contributed by atoms with Gasteiger partial charge < -0.3 is 10.2 Å². The number of likely N-dealkylation sites (tertiary alicyclic amines) is 1. The summed E-state index contributed by atoms with van der Waals surface area (Å²) in [5, 5.41) is 3.16. The van der Waals surface area contributed by atoms with E-state index in [0.717, 1.165) is 31.6 Å². The van der Waals surface area contributed by atoms with Gasteiger partial charge in [-0.05, 0) is 57.5 Å². The minimum absolute atomic E-state index is 0.0849. The first-order chi connectivity index (χ1) is 9.45. The predicted octanol–water partition coefficient (Wildman–Crippen LogP) is 2.17. The summed E-state index contributed by atoms with van der Waals surface area (Å²) in [5.74, 6) is 0.312. The minimum atomic E-state index is -0.684. The largest absolute Gasteiger partial charge is 0.342 e. The van der Waals surface area contributed by atoms with Gasteiger partial charge in [-0.25, -0.2) is 4.39 Å². The first kappa shape index (κ1) is 15.0. The molecule has 1 amide bonds. The lowest BCUT2D eigenvalue weighted by atomic mass is 9.83. The number of benzene rings is 1. The van der Waals surface area contributed by atoms with E-state index in [-0.39, 0.29) is 11.7 Å². The molecule has 1 atom stereocenters. The Morgan fingerprint density at radius 1 is 1.50 bits per heavy atom. The van der Waals surface area contributed by atoms with Crippen LogP contribution in [0.2, 0.25) is 0 Å². The van der Waals surface area contributed by atoms with Crippen molar-refractivity contribution in [1.29, 1.82) is 0 Å². The molecular formula is C16H23FN2O. The SMILES string of the molecule is CNCC1CCN(C(=O)C(C)(C)c2cccc(F)c2)C1. The average molecular weight is 278 g/mol. The van der Waals surface area contributed by atoms with Crippen LogP contribution in [0.3, 0.4) is 0 Å². The van der Waals surface area contributed by atoms with E-state index in [2.05, 4.69) is 5.32 Å². The second-order valence-electron chi connectivity index (χ2n) is 6.10. The van der Waals surface area contributed by atoms with E-state index in [1.165, 1.54) is 12.1 Å². The van der Waals surface area contributed by atoms with Gasteiger partial charge in [0.15, 0.2) is 0 Å². The molecule has 3 nitrogen and oxygen atoms in total. The van der Waals surface area contributed by atoms with Crippen molar-refractivity contribution >= 4 is 5.91 Å². The van der Waals surface area contributed by atoms with Crippen LogP contribution >= 0.6 is 0 Å². The molecule has 0 radical (unpaired) electrons. The van der Waals surface area contributed by atoms with E-state index >= 15 is 0 Å². The molecule has 4 heteroatoms. The number of hydrogen-bond acceptors (Lipinski definition) is 2. The van der Waals surface area contributed by atoms with Crippen molar-refractivity contribution in [2.24, 2.45) is 5.92 Å². The first-order valence-electron chi connectivity index (χ1n) is 7.15. The van der Waals surface area contributed by atoms with Crippen LogP contribution in [-0.2, 0) is 10.2 Å². The molecule has 1 aliphatic rings. The number of carbonyl (C=O) groups is 1. The van der Waals surface area contributed by atoms with Crippen molar-refractivity contribution in [3.63, 3.8) is 0 Å². The molecule has 0 aromatic heterocycles. The zero-order valence-corrected chi connectivity index (χ0v) is 12.4. The molecule has 20 heavy (non-hydrogen) atoms. The highest BCUT2D eigenvalue weighted by molar-refractivity contribution is 5.87. The van der Waals surface area contributed by atoms with Crippen molar-refractivity contribution in [2.75, 3.05) is 26.7 Å². The lowest BCUT2D eigenvalue weighted by Crippen LogP contribution is -2.42. The lowest BCUT2D eigenvalue weighted by Gasteiger charge is -2.30. The average Bonchev–Trinajstić information content (AvgIpc) is 2.87. The van der Waals surface area contributed by atoms with Crippen LogP contribution in [0.4, 0.5) is 4.39 Å². The van der Waals surface area contributed by atoms with E-state index < -0.39 is 5.41 Å². The molecule has 1 fully saturated rings. The third-order valence-electron chi connectivity index (χ3n) is 4.15. The van der Waals surface area contributed by atoms with Crippen LogP contribution in [0.25, 0.3) is 0 Å². The van der Waals surface area contributed by atoms with Gasteiger partial charge in [0.25, 0.3) is 0 Å². The van der Waals surface area contributed by atoms with Crippen molar-refractivity contribution in [3.05, 3.63) is 35.6 Å². The minimum Gasteiger partial charge on any atom is -0.342 e. The van der Waals surface area contributed by atoms with E-state index in [9.17, 15) is 9.18 Å². The Bertz CT molecular complexity index is 487. The van der Waals surface area contributed by atoms with E-state index in [4.69, 9.17) is 0 Å². The fourth-order valence-corrected chi connectivity index (χ4v) is 2.87. The fourth-order valence-electron chi connectivity index (χ4n) is 2.87. The Balaban J connectivity index is 2.12. The fraction of sp³-hybridized carbons (Fsp3) is 0.562. The number of rotatable bonds is 4. The van der Waals surface area contributed by atoms with Gasteiger partial charge in [0.1, 0.15) is 5.82 Å². The van der Waals surface area contributed by atoms with Gasteiger partial charge in [0.2, 0.25) is 5.91 Å². The Morgan fingerprint density at radius 2 is 2.25 bits per heavy atom. The summed E-state index contributed by atoms with van der Waals surface area (Å²) in [6.07, 6.45) is 1.03. The summed E-state index contributed by atoms with van der Waals surface area (Å²) >= 11 is 0. The van der Waals surface area contributed by atoms with Gasteiger partial charge >= 0.3 is 0 Å². The van der Waals surface area contributed by atoms with Crippen LogP contribution in [0.1, 0.15) is 25.8 Å². The Morgan fingerprint density at radius 3 is 2.90 bits per heavy atom. The predicted molar refractivity (Wildman–Crippen MR) is 78.0 cm³/mol. The molecule has 1 saturated heterocycles. The molecule has 110 valence electrons. The molecular weight excluding hydrogens is 255 g/mol. The van der Waals surface area contributed by atoms with Crippen LogP contribution in [0.5, 0.6) is 0 Å². The number of halogens is 1. The second-order valence-corrected chi connectivity index (χ2v) is 6.10.